The summed E-state index contributed by atoms with van der Waals surface area (Å²) in [7, 11) is 1.59. The highest BCUT2D eigenvalue weighted by molar-refractivity contribution is 5.80. The lowest BCUT2D eigenvalue weighted by molar-refractivity contribution is -0.384. The number of non-ortho nitro benzene ring substituents is 1. The van der Waals surface area contributed by atoms with Gasteiger partial charge in [0.05, 0.1) is 29.3 Å². The third kappa shape index (κ3) is 3.96. The van der Waals surface area contributed by atoms with Crippen molar-refractivity contribution in [3.8, 4) is 5.69 Å². The van der Waals surface area contributed by atoms with E-state index in [4.69, 9.17) is 4.74 Å². The van der Waals surface area contributed by atoms with Gasteiger partial charge in [-0.1, -0.05) is 13.3 Å². The summed E-state index contributed by atoms with van der Waals surface area (Å²) in [5.41, 5.74) is 1.59. The Morgan fingerprint density at radius 2 is 2.08 bits per heavy atom. The van der Waals surface area contributed by atoms with Crippen molar-refractivity contribution in [2.24, 2.45) is 4.99 Å². The van der Waals surface area contributed by atoms with E-state index >= 15 is 0 Å². The van der Waals surface area contributed by atoms with Crippen molar-refractivity contribution in [1.29, 1.82) is 0 Å². The minimum Gasteiger partial charge on any atom is -0.383 e. The largest absolute Gasteiger partial charge is 0.383 e. The molecule has 2 rings (SSSR count). The van der Waals surface area contributed by atoms with Crippen LogP contribution in [0.5, 0.6) is 0 Å². The first-order chi connectivity index (χ1) is 11.6. The average Bonchev–Trinajstić information content (AvgIpc) is 2.88. The van der Waals surface area contributed by atoms with Crippen LogP contribution in [0.4, 0.5) is 5.69 Å². The smallest absolute Gasteiger partial charge is 0.280 e. The summed E-state index contributed by atoms with van der Waals surface area (Å²) in [6.45, 7) is 2.98. The predicted octanol–water partition coefficient (Wildman–Crippen LogP) is 2.09. The number of nitro groups is 1. The number of aromatic amines is 1. The van der Waals surface area contributed by atoms with E-state index in [9.17, 15) is 14.9 Å². The Balaban J connectivity index is 2.38. The molecule has 0 saturated heterocycles. The number of nitrogens with zero attached hydrogens (tertiary/aromatic N) is 3. The Morgan fingerprint density at radius 3 is 2.67 bits per heavy atom. The van der Waals surface area contributed by atoms with Crippen LogP contribution < -0.4 is 5.56 Å². The molecule has 8 heteroatoms. The van der Waals surface area contributed by atoms with Gasteiger partial charge in [-0.3, -0.25) is 25.0 Å². The van der Waals surface area contributed by atoms with E-state index in [1.54, 1.807) is 13.3 Å². The number of nitro benzene ring substituents is 1. The van der Waals surface area contributed by atoms with Crippen molar-refractivity contribution in [2.75, 3.05) is 20.3 Å². The molecule has 0 amide bonds. The molecule has 24 heavy (non-hydrogen) atoms. The first-order valence-electron chi connectivity index (χ1n) is 7.66. The van der Waals surface area contributed by atoms with Crippen LogP contribution in [0.1, 0.15) is 24.6 Å². The minimum atomic E-state index is -0.475. The molecular weight excluding hydrogens is 312 g/mol. The molecule has 2 aromatic rings. The molecule has 1 N–H and O–H groups in total. The third-order valence-corrected chi connectivity index (χ3v) is 3.47. The zero-order valence-electron chi connectivity index (χ0n) is 13.7. The number of methoxy groups -OCH3 is 1. The predicted molar refractivity (Wildman–Crippen MR) is 91.4 cm³/mol. The van der Waals surface area contributed by atoms with Crippen molar-refractivity contribution in [1.82, 2.24) is 9.78 Å². The summed E-state index contributed by atoms with van der Waals surface area (Å²) in [6, 6.07) is 5.82. The quantitative estimate of drug-likeness (QED) is 0.346. The van der Waals surface area contributed by atoms with E-state index in [-0.39, 0.29) is 11.2 Å². The zero-order chi connectivity index (χ0) is 17.5. The minimum absolute atomic E-state index is 0.0199. The van der Waals surface area contributed by atoms with Crippen molar-refractivity contribution < 1.29 is 9.66 Å². The number of ether oxygens (including phenoxy) is 1. The summed E-state index contributed by atoms with van der Waals surface area (Å²) >= 11 is 0. The third-order valence-electron chi connectivity index (χ3n) is 3.47. The molecule has 1 aromatic carbocycles. The van der Waals surface area contributed by atoms with Gasteiger partial charge in [0.25, 0.3) is 11.2 Å². The van der Waals surface area contributed by atoms with E-state index < -0.39 is 4.92 Å². The highest BCUT2D eigenvalue weighted by Gasteiger charge is 2.14. The molecule has 0 fully saturated rings. The summed E-state index contributed by atoms with van der Waals surface area (Å²) in [5, 5.41) is 13.8. The summed E-state index contributed by atoms with van der Waals surface area (Å²) in [4.78, 5) is 27.1. The average molecular weight is 332 g/mol. The topological polar surface area (TPSA) is 103 Å². The van der Waals surface area contributed by atoms with Gasteiger partial charge < -0.3 is 4.74 Å². The van der Waals surface area contributed by atoms with Crippen LogP contribution in [0.15, 0.2) is 34.1 Å². The number of rotatable bonds is 8. The van der Waals surface area contributed by atoms with Gasteiger partial charge in [-0.2, -0.15) is 0 Å². The molecule has 0 aliphatic heterocycles. The first kappa shape index (κ1) is 17.6. The molecule has 0 unspecified atom stereocenters. The number of hydrogen-bond acceptors (Lipinski definition) is 5. The van der Waals surface area contributed by atoms with E-state index in [1.807, 2.05) is 6.92 Å². The molecule has 1 aromatic heterocycles. The van der Waals surface area contributed by atoms with E-state index in [2.05, 4.69) is 10.1 Å². The van der Waals surface area contributed by atoms with Crippen LogP contribution in [0.25, 0.3) is 5.69 Å². The van der Waals surface area contributed by atoms with Gasteiger partial charge in [0.2, 0.25) is 0 Å². The van der Waals surface area contributed by atoms with Gasteiger partial charge >= 0.3 is 0 Å². The first-order valence-corrected chi connectivity index (χ1v) is 7.66. The number of H-pyrrole nitrogens is 1. The lowest BCUT2D eigenvalue weighted by Gasteiger charge is -2.01. The van der Waals surface area contributed by atoms with Crippen molar-refractivity contribution in [3.05, 3.63) is 56.0 Å². The van der Waals surface area contributed by atoms with Gasteiger partial charge in [0.1, 0.15) is 0 Å². The van der Waals surface area contributed by atoms with Crippen LogP contribution in [0, 0.1) is 10.1 Å². The molecule has 0 bridgehead atoms. The molecule has 1 heterocycles. The van der Waals surface area contributed by atoms with E-state index in [1.165, 1.54) is 28.9 Å². The van der Waals surface area contributed by atoms with Crippen LogP contribution in [0.3, 0.4) is 0 Å². The molecule has 0 aliphatic carbocycles. The lowest BCUT2D eigenvalue weighted by atomic mass is 10.2. The normalized spacial score (nSPS) is 11.2. The second-order valence-electron chi connectivity index (χ2n) is 5.20. The number of hydrogen-bond donors (Lipinski definition) is 1. The molecule has 0 saturated carbocycles. The Hall–Kier alpha value is -2.74. The maximum atomic E-state index is 12.6. The Labute approximate surface area is 138 Å². The SMILES string of the molecule is CCCc1[nH]n(-c2ccc([N+](=O)[O-])cc2)c(=O)c1C=NCCOC. The fourth-order valence-electron chi connectivity index (χ4n) is 2.27. The maximum absolute atomic E-state index is 12.6. The van der Waals surface area contributed by atoms with Crippen molar-refractivity contribution >= 4 is 11.9 Å². The molecule has 0 radical (unpaired) electrons. The van der Waals surface area contributed by atoms with Crippen LogP contribution in [0.2, 0.25) is 0 Å². The Kier molecular flexibility index (Phi) is 6.02. The van der Waals surface area contributed by atoms with E-state index in [0.717, 1.165) is 12.1 Å². The summed E-state index contributed by atoms with van der Waals surface area (Å²) in [5.74, 6) is 0. The van der Waals surface area contributed by atoms with Crippen molar-refractivity contribution in [2.45, 2.75) is 19.8 Å². The molecule has 0 spiro atoms. The second-order valence-corrected chi connectivity index (χ2v) is 5.20. The summed E-state index contributed by atoms with van der Waals surface area (Å²) in [6.07, 6.45) is 3.14. The second kappa shape index (κ2) is 8.21. The fraction of sp³-hybridized carbons (Fsp3) is 0.375. The molecular formula is C16H20N4O4. The fourth-order valence-corrected chi connectivity index (χ4v) is 2.27. The monoisotopic (exact) mass is 332 g/mol. The van der Waals surface area contributed by atoms with Crippen LogP contribution in [-0.2, 0) is 11.2 Å². The summed E-state index contributed by atoms with van der Waals surface area (Å²) < 4.78 is 6.31. The number of aryl methyl sites for hydroxylation is 1. The lowest BCUT2D eigenvalue weighted by Crippen LogP contribution is -2.17. The number of nitrogens with one attached hydrogen (secondary N) is 1. The molecule has 128 valence electrons. The highest BCUT2D eigenvalue weighted by atomic mass is 16.6. The van der Waals surface area contributed by atoms with Gasteiger partial charge in [-0.15, -0.1) is 0 Å². The molecule has 0 atom stereocenters. The van der Waals surface area contributed by atoms with Crippen molar-refractivity contribution in [3.63, 3.8) is 0 Å². The Morgan fingerprint density at radius 1 is 1.38 bits per heavy atom. The van der Waals surface area contributed by atoms with Crippen LogP contribution in [-0.4, -0.2) is 41.2 Å². The van der Waals surface area contributed by atoms with Gasteiger partial charge in [0.15, 0.2) is 0 Å². The highest BCUT2D eigenvalue weighted by Crippen LogP contribution is 2.14. The van der Waals surface area contributed by atoms with E-state index in [0.29, 0.717) is 30.8 Å². The number of benzene rings is 1. The number of aliphatic imine (C=N–C) groups is 1. The molecule has 8 nitrogen and oxygen atoms in total. The molecule has 0 aliphatic rings. The van der Waals surface area contributed by atoms with Crippen LogP contribution >= 0.6 is 0 Å². The standard InChI is InChI=1S/C16H20N4O4/c1-3-4-15-14(11-17-9-10-24-2)16(21)19(18-15)12-5-7-13(8-6-12)20(22)23/h5-8,11,18H,3-4,9-10H2,1-2H3. The number of aromatic nitrogens is 2. The maximum Gasteiger partial charge on any atom is 0.280 e. The van der Waals surface area contributed by atoms with Gasteiger partial charge in [-0.25, -0.2) is 4.68 Å². The van der Waals surface area contributed by atoms with Gasteiger partial charge in [-0.05, 0) is 18.6 Å². The zero-order valence-corrected chi connectivity index (χ0v) is 13.7. The van der Waals surface area contributed by atoms with Gasteiger partial charge in [0, 0.05) is 31.2 Å². The Bertz CT molecular complexity index is 774.